The number of rotatable bonds is 9. The van der Waals surface area contributed by atoms with Crippen LogP contribution >= 0.6 is 11.3 Å². The fraction of sp³-hybridized carbons (Fsp3) is 0.227. The molecule has 0 fully saturated rings. The fourth-order valence-corrected chi connectivity index (χ4v) is 5.03. The van der Waals surface area contributed by atoms with Crippen molar-refractivity contribution in [1.82, 2.24) is 24.4 Å². The zero-order valence-electron chi connectivity index (χ0n) is 20.4. The van der Waals surface area contributed by atoms with Gasteiger partial charge >= 0.3 is 0 Å². The van der Waals surface area contributed by atoms with Crippen molar-refractivity contribution in [3.05, 3.63) is 50.9 Å². The van der Waals surface area contributed by atoms with Crippen LogP contribution in [-0.2, 0) is 17.1 Å². The number of aromatic nitrogens is 5. The average Bonchev–Trinajstić information content (AvgIpc) is 3.45. The summed E-state index contributed by atoms with van der Waals surface area (Å²) in [4.78, 5) is 28.7. The molecular formula is C22H22N6O7S2. The van der Waals surface area contributed by atoms with E-state index in [1.807, 2.05) is 0 Å². The highest BCUT2D eigenvalue weighted by Gasteiger charge is 2.21. The van der Waals surface area contributed by atoms with Crippen LogP contribution < -0.4 is 24.5 Å². The first-order valence-corrected chi connectivity index (χ1v) is 12.9. The third-order valence-corrected chi connectivity index (χ3v) is 7.28. The first kappa shape index (κ1) is 25.8. The Morgan fingerprint density at radius 1 is 1.11 bits per heavy atom. The highest BCUT2D eigenvalue weighted by Crippen LogP contribution is 2.35. The van der Waals surface area contributed by atoms with E-state index in [4.69, 9.17) is 14.2 Å². The SMILES string of the molecule is COc1cc(OC)c(/C=C/S(=O)(=O)Nc2cnc3c(-c4nnc(C(C)=O)s4)c(=O)n(C)n3c2)c(OC)c1. The highest BCUT2D eigenvalue weighted by atomic mass is 32.2. The maximum absolute atomic E-state index is 12.9. The van der Waals surface area contributed by atoms with E-state index in [1.165, 1.54) is 63.0 Å². The number of nitrogens with one attached hydrogen (secondary N) is 1. The van der Waals surface area contributed by atoms with Gasteiger partial charge in [-0.15, -0.1) is 10.2 Å². The average molecular weight is 547 g/mol. The monoisotopic (exact) mass is 546 g/mol. The van der Waals surface area contributed by atoms with Gasteiger partial charge in [0.15, 0.2) is 21.4 Å². The van der Waals surface area contributed by atoms with Crippen LogP contribution in [0.5, 0.6) is 17.2 Å². The van der Waals surface area contributed by atoms with Crippen molar-refractivity contribution < 1.29 is 27.4 Å². The molecule has 0 amide bonds. The molecule has 0 bridgehead atoms. The van der Waals surface area contributed by atoms with Crippen molar-refractivity contribution in [3.8, 4) is 27.8 Å². The molecule has 1 N–H and O–H groups in total. The number of Topliss-reactive ketones (excluding diaryl/α,β-unsaturated/α-hetero) is 1. The summed E-state index contributed by atoms with van der Waals surface area (Å²) in [6.45, 7) is 1.35. The number of benzene rings is 1. The zero-order valence-corrected chi connectivity index (χ0v) is 22.0. The van der Waals surface area contributed by atoms with Gasteiger partial charge in [0.25, 0.3) is 15.6 Å². The van der Waals surface area contributed by atoms with Gasteiger partial charge in [-0.3, -0.25) is 14.3 Å². The van der Waals surface area contributed by atoms with Gasteiger partial charge in [-0.2, -0.15) is 0 Å². The van der Waals surface area contributed by atoms with Gasteiger partial charge in [-0.25, -0.2) is 22.6 Å². The summed E-state index contributed by atoms with van der Waals surface area (Å²) in [6, 6.07) is 3.20. The smallest absolute Gasteiger partial charge is 0.279 e. The van der Waals surface area contributed by atoms with E-state index in [-0.39, 0.29) is 32.7 Å². The summed E-state index contributed by atoms with van der Waals surface area (Å²) in [5, 5.41) is 9.10. The third-order valence-electron chi connectivity index (χ3n) is 5.23. The van der Waals surface area contributed by atoms with Crippen molar-refractivity contribution in [2.75, 3.05) is 26.1 Å². The van der Waals surface area contributed by atoms with Gasteiger partial charge in [-0.05, 0) is 6.08 Å². The molecular weight excluding hydrogens is 524 g/mol. The lowest BCUT2D eigenvalue weighted by Crippen LogP contribution is -2.16. The number of hydrogen-bond acceptors (Lipinski definition) is 11. The van der Waals surface area contributed by atoms with E-state index in [0.29, 0.717) is 22.8 Å². The Labute approximate surface area is 215 Å². The first-order chi connectivity index (χ1) is 17.6. The molecule has 13 nitrogen and oxygen atoms in total. The minimum Gasteiger partial charge on any atom is -0.496 e. The van der Waals surface area contributed by atoms with Crippen LogP contribution in [0.15, 0.2) is 34.7 Å². The van der Waals surface area contributed by atoms with E-state index in [0.717, 1.165) is 16.7 Å². The fourth-order valence-electron chi connectivity index (χ4n) is 3.44. The Bertz CT molecular complexity index is 1680. The number of anilines is 1. The van der Waals surface area contributed by atoms with Gasteiger partial charge in [0.2, 0.25) is 0 Å². The lowest BCUT2D eigenvalue weighted by molar-refractivity contribution is 0.101. The summed E-state index contributed by atoms with van der Waals surface area (Å²) in [6.07, 6.45) is 4.00. The highest BCUT2D eigenvalue weighted by molar-refractivity contribution is 7.95. The number of ketones is 1. The van der Waals surface area contributed by atoms with Crippen LogP contribution in [0.2, 0.25) is 0 Å². The van der Waals surface area contributed by atoms with E-state index >= 15 is 0 Å². The second-order valence-corrected chi connectivity index (χ2v) is 10.1. The topological polar surface area (TPSA) is 156 Å². The van der Waals surface area contributed by atoms with Crippen molar-refractivity contribution in [1.29, 1.82) is 0 Å². The zero-order chi connectivity index (χ0) is 26.9. The van der Waals surface area contributed by atoms with E-state index in [2.05, 4.69) is 19.9 Å². The van der Waals surface area contributed by atoms with Crippen molar-refractivity contribution in [2.45, 2.75) is 6.92 Å². The normalized spacial score (nSPS) is 11.7. The third kappa shape index (κ3) is 5.03. The number of fused-ring (bicyclic) bond motifs is 1. The standard InChI is InChI=1S/C22H22N6O7S2/c1-12(29)20-24-25-21(36-20)18-19-23-10-13(11-28(19)27(2)22(18)30)26-37(31,32)7-6-15-16(34-4)8-14(33-3)9-17(15)35-5/h6-11,26H,1-5H3/b7-6+. The summed E-state index contributed by atoms with van der Waals surface area (Å²) >= 11 is 0.976. The number of hydrogen-bond donors (Lipinski definition) is 1. The van der Waals surface area contributed by atoms with Crippen LogP contribution in [0.4, 0.5) is 5.69 Å². The largest absolute Gasteiger partial charge is 0.496 e. The van der Waals surface area contributed by atoms with Gasteiger partial charge in [0.1, 0.15) is 22.8 Å². The molecule has 0 aliphatic heterocycles. The van der Waals surface area contributed by atoms with Gasteiger partial charge in [0.05, 0.1) is 50.4 Å². The molecule has 0 aliphatic carbocycles. The quantitative estimate of drug-likeness (QED) is 0.309. The minimum absolute atomic E-state index is 0.102. The van der Waals surface area contributed by atoms with Crippen LogP contribution in [0.1, 0.15) is 22.3 Å². The summed E-state index contributed by atoms with van der Waals surface area (Å²) in [5.74, 6) is 0.913. The molecule has 0 spiro atoms. The first-order valence-electron chi connectivity index (χ1n) is 10.5. The minimum atomic E-state index is -4.01. The molecule has 4 aromatic rings. The van der Waals surface area contributed by atoms with Gasteiger partial charge in [-0.1, -0.05) is 11.3 Å². The van der Waals surface area contributed by atoms with E-state index in [1.54, 1.807) is 12.1 Å². The number of ether oxygens (including phenoxy) is 3. The molecule has 4 rings (SSSR count). The van der Waals surface area contributed by atoms with Crippen LogP contribution in [0.3, 0.4) is 0 Å². The second kappa shape index (κ2) is 10.0. The number of sulfonamides is 1. The summed E-state index contributed by atoms with van der Waals surface area (Å²) < 4.78 is 46.5. The molecule has 0 saturated carbocycles. The molecule has 0 saturated heterocycles. The Hall–Kier alpha value is -4.24. The molecule has 37 heavy (non-hydrogen) atoms. The summed E-state index contributed by atoms with van der Waals surface area (Å²) in [5.41, 5.74) is 0.441. The predicted molar refractivity (Wildman–Crippen MR) is 137 cm³/mol. The van der Waals surface area contributed by atoms with Crippen LogP contribution in [0, 0.1) is 0 Å². The lowest BCUT2D eigenvalue weighted by Gasteiger charge is -2.12. The molecule has 0 aliphatic rings. The number of carbonyl (C=O) groups excluding carboxylic acids is 1. The van der Waals surface area contributed by atoms with E-state index in [9.17, 15) is 18.0 Å². The molecule has 1 aromatic carbocycles. The maximum atomic E-state index is 12.9. The number of carbonyl (C=O) groups is 1. The number of nitrogens with zero attached hydrogens (tertiary/aromatic N) is 5. The van der Waals surface area contributed by atoms with Crippen molar-refractivity contribution in [2.24, 2.45) is 7.05 Å². The molecule has 3 aromatic heterocycles. The predicted octanol–water partition coefficient (Wildman–Crippen LogP) is 2.19. The molecule has 0 atom stereocenters. The second-order valence-electron chi connectivity index (χ2n) is 7.58. The lowest BCUT2D eigenvalue weighted by atomic mass is 10.1. The molecule has 15 heteroatoms. The molecule has 0 radical (unpaired) electrons. The summed E-state index contributed by atoms with van der Waals surface area (Å²) in [7, 11) is 1.85. The Morgan fingerprint density at radius 2 is 1.78 bits per heavy atom. The number of aryl methyl sites for hydroxylation is 1. The van der Waals surface area contributed by atoms with E-state index < -0.39 is 15.6 Å². The van der Waals surface area contributed by atoms with Crippen LogP contribution in [-0.4, -0.2) is 59.9 Å². The van der Waals surface area contributed by atoms with Gasteiger partial charge in [0, 0.05) is 26.1 Å². The Kier molecular flexibility index (Phi) is 7.00. The Morgan fingerprint density at radius 3 is 2.35 bits per heavy atom. The maximum Gasteiger partial charge on any atom is 0.279 e. The van der Waals surface area contributed by atoms with Gasteiger partial charge < -0.3 is 14.2 Å². The molecule has 0 unspecified atom stereocenters. The Balaban J connectivity index is 1.67. The van der Waals surface area contributed by atoms with Crippen molar-refractivity contribution in [3.63, 3.8) is 0 Å². The molecule has 3 heterocycles. The van der Waals surface area contributed by atoms with Crippen molar-refractivity contribution >= 4 is 44.6 Å². The number of methoxy groups -OCH3 is 3. The van der Waals surface area contributed by atoms with Crippen LogP contribution in [0.25, 0.3) is 22.3 Å². The molecule has 194 valence electrons.